The van der Waals surface area contributed by atoms with E-state index in [2.05, 4.69) is 114 Å². The van der Waals surface area contributed by atoms with Gasteiger partial charge in [-0.15, -0.1) is 0 Å². The van der Waals surface area contributed by atoms with Crippen LogP contribution in [0.3, 0.4) is 0 Å². The van der Waals surface area contributed by atoms with E-state index in [-0.39, 0.29) is 0 Å². The van der Waals surface area contributed by atoms with E-state index in [1.54, 1.807) is 0 Å². The lowest BCUT2D eigenvalue weighted by atomic mass is 10.2. The summed E-state index contributed by atoms with van der Waals surface area (Å²) in [7, 11) is 13.2. The van der Waals surface area contributed by atoms with Crippen molar-refractivity contribution >= 4 is 23.6 Å². The zero-order valence-corrected chi connectivity index (χ0v) is 22.8. The average Bonchev–Trinajstić information content (AvgIpc) is 2.81. The summed E-state index contributed by atoms with van der Waals surface area (Å²) >= 11 is 0. The monoisotopic (exact) mass is 516 g/mol. The summed E-state index contributed by atoms with van der Waals surface area (Å²) in [5.74, 6) is 0.711. The van der Waals surface area contributed by atoms with Crippen LogP contribution in [0.1, 0.15) is 11.1 Å². The lowest BCUT2D eigenvalue weighted by Crippen LogP contribution is -2.33. The van der Waals surface area contributed by atoms with Gasteiger partial charge in [-0.1, -0.05) is 60.7 Å². The van der Waals surface area contributed by atoms with Crippen molar-refractivity contribution in [2.75, 3.05) is 42.3 Å². The summed E-state index contributed by atoms with van der Waals surface area (Å²) in [5.41, 5.74) is 10.7. The molecule has 0 aliphatic rings. The highest BCUT2D eigenvalue weighted by molar-refractivity contribution is 6.05. The molecule has 0 saturated heterocycles. The maximum absolute atomic E-state index is 9.90. The Morgan fingerprint density at radius 3 is 1.05 bits per heavy atom. The van der Waals surface area contributed by atoms with Gasteiger partial charge in [-0.2, -0.15) is 10.5 Å². The van der Waals surface area contributed by atoms with Gasteiger partial charge in [0, 0.05) is 11.1 Å². The van der Waals surface area contributed by atoms with Crippen LogP contribution < -0.4 is 11.5 Å². The quantitative estimate of drug-likeness (QED) is 0.258. The van der Waals surface area contributed by atoms with Crippen molar-refractivity contribution in [3.8, 4) is 12.1 Å². The first-order chi connectivity index (χ1) is 17.6. The predicted molar refractivity (Wildman–Crippen MR) is 150 cm³/mol. The molecular formula is C28H36N8O2. The molecule has 4 N–H and O–H groups in total. The topological polar surface area (TPSA) is 178 Å². The van der Waals surface area contributed by atoms with Crippen LogP contribution in [0.4, 0.5) is 0 Å². The molecule has 0 aliphatic carbocycles. The van der Waals surface area contributed by atoms with E-state index in [0.717, 1.165) is 22.1 Å². The highest BCUT2D eigenvalue weighted by Gasteiger charge is 2.07. The summed E-state index contributed by atoms with van der Waals surface area (Å²) in [6.45, 7) is 2.20. The summed E-state index contributed by atoms with van der Waals surface area (Å²) in [6, 6.07) is 23.8. The Morgan fingerprint density at radius 1 is 0.658 bits per heavy atom. The third-order valence-corrected chi connectivity index (χ3v) is 3.94. The van der Waals surface area contributed by atoms with Crippen LogP contribution in [0.2, 0.25) is 0 Å². The minimum Gasteiger partial charge on any atom is -0.762 e. The third-order valence-electron chi connectivity index (χ3n) is 3.94. The normalized spacial score (nSPS) is 9.37. The van der Waals surface area contributed by atoms with Crippen molar-refractivity contribution in [1.29, 1.82) is 10.5 Å². The Morgan fingerprint density at radius 2 is 0.921 bits per heavy atom. The number of quaternary nitrogens is 2. The SMILES string of the molecule is C[N+](C)(C)Cc1ccccc1.C[N+](C)(C)Cc1ccccc1.N#CC(=C=[N-])C(N)=O.N#CC(=C=[N-])C(N)=O. The largest absolute Gasteiger partial charge is 0.762 e. The maximum Gasteiger partial charge on any atom is 0.265 e. The first-order valence-corrected chi connectivity index (χ1v) is 11.2. The fraction of sp³-hybridized carbons (Fsp3) is 0.286. The van der Waals surface area contributed by atoms with Gasteiger partial charge in [0.15, 0.2) is 0 Å². The molecule has 2 aromatic rings. The number of hydrogen-bond acceptors (Lipinski definition) is 4. The molecular weight excluding hydrogens is 480 g/mol. The van der Waals surface area contributed by atoms with Gasteiger partial charge in [0.2, 0.25) is 0 Å². The highest BCUT2D eigenvalue weighted by Crippen LogP contribution is 2.06. The van der Waals surface area contributed by atoms with Crippen molar-refractivity contribution in [3.05, 3.63) is 93.8 Å². The van der Waals surface area contributed by atoms with E-state index >= 15 is 0 Å². The summed E-state index contributed by atoms with van der Waals surface area (Å²) in [5, 5.41) is 31.5. The van der Waals surface area contributed by atoms with Gasteiger partial charge >= 0.3 is 0 Å². The van der Waals surface area contributed by atoms with Crippen LogP contribution in [0.5, 0.6) is 0 Å². The lowest BCUT2D eigenvalue weighted by Gasteiger charge is -2.23. The van der Waals surface area contributed by atoms with E-state index in [9.17, 15) is 9.59 Å². The van der Waals surface area contributed by atoms with Gasteiger partial charge < -0.3 is 31.3 Å². The van der Waals surface area contributed by atoms with Crippen molar-refractivity contribution in [3.63, 3.8) is 0 Å². The van der Waals surface area contributed by atoms with Crippen molar-refractivity contribution in [2.24, 2.45) is 11.5 Å². The zero-order valence-electron chi connectivity index (χ0n) is 22.8. The van der Waals surface area contributed by atoms with Gasteiger partial charge in [-0.05, 0) is 0 Å². The fourth-order valence-electron chi connectivity index (χ4n) is 2.53. The van der Waals surface area contributed by atoms with E-state index in [4.69, 9.17) is 21.3 Å². The molecule has 2 rings (SSSR count). The van der Waals surface area contributed by atoms with Crippen LogP contribution in [0, 0.1) is 22.7 Å². The molecule has 0 aromatic heterocycles. The molecule has 0 heterocycles. The third kappa shape index (κ3) is 20.5. The molecule has 0 spiro atoms. The second-order valence-corrected chi connectivity index (χ2v) is 9.79. The number of carbonyl (C=O) groups excluding carboxylic acids is 2. The molecule has 0 fully saturated rings. The second-order valence-electron chi connectivity index (χ2n) is 9.79. The second kappa shape index (κ2) is 18.4. The number of nitrogens with two attached hydrogens (primary N) is 2. The maximum atomic E-state index is 9.90. The molecule has 0 aliphatic heterocycles. The van der Waals surface area contributed by atoms with Gasteiger partial charge in [-0.25, -0.2) is 11.7 Å². The summed E-state index contributed by atoms with van der Waals surface area (Å²) < 4.78 is 1.98. The Bertz CT molecular complexity index is 1100. The van der Waals surface area contributed by atoms with Crippen LogP contribution in [0.25, 0.3) is 10.8 Å². The van der Waals surface area contributed by atoms with Crippen molar-refractivity contribution < 1.29 is 18.6 Å². The Balaban J connectivity index is 0. The molecule has 10 nitrogen and oxygen atoms in total. The number of rotatable bonds is 6. The van der Waals surface area contributed by atoms with Crippen LogP contribution in [-0.2, 0) is 22.7 Å². The molecule has 0 saturated carbocycles. The molecule has 200 valence electrons. The van der Waals surface area contributed by atoms with Crippen molar-refractivity contribution in [1.82, 2.24) is 0 Å². The first kappa shape index (κ1) is 35.3. The summed E-state index contributed by atoms with van der Waals surface area (Å²) in [6.07, 6.45) is 0. The summed E-state index contributed by atoms with van der Waals surface area (Å²) in [4.78, 5) is 19.8. The smallest absolute Gasteiger partial charge is 0.265 e. The van der Waals surface area contributed by atoms with Gasteiger partial charge in [0.05, 0.1) is 42.3 Å². The number of primary amides is 2. The standard InChI is InChI=1S/2C10H16N.2C4H2N3O/c2*1-11(2,3)9-10-7-5-4-6-8-10;2*5-1-3(2-6)4(7)8/h2*4-8H,9H2,1-3H3;2*(H2,7,8)/q2*+1;2*-1. The first-order valence-electron chi connectivity index (χ1n) is 11.2. The molecule has 10 heteroatoms. The minimum absolute atomic E-state index is 0.565. The number of hydrogen-bond donors (Lipinski definition) is 2. The number of carbonyl (C=O) groups is 2. The van der Waals surface area contributed by atoms with Crippen molar-refractivity contribution in [2.45, 2.75) is 13.1 Å². The number of benzene rings is 2. The van der Waals surface area contributed by atoms with Gasteiger partial charge in [0.25, 0.3) is 11.8 Å². The van der Waals surface area contributed by atoms with Gasteiger partial charge in [-0.3, -0.25) is 9.59 Å². The van der Waals surface area contributed by atoms with E-state index in [1.165, 1.54) is 35.0 Å². The molecule has 0 bridgehead atoms. The van der Waals surface area contributed by atoms with Gasteiger partial charge in [0.1, 0.15) is 36.4 Å². The molecule has 2 aromatic carbocycles. The molecule has 2 amide bonds. The van der Waals surface area contributed by atoms with E-state index in [1.807, 2.05) is 0 Å². The number of nitrogens with zero attached hydrogens (tertiary/aromatic N) is 6. The zero-order chi connectivity index (χ0) is 29.8. The minimum atomic E-state index is -0.977. The Labute approximate surface area is 225 Å². The molecule has 0 unspecified atom stereocenters. The number of nitriles is 2. The Hall–Kier alpha value is -4.82. The average molecular weight is 517 g/mol. The fourth-order valence-corrected chi connectivity index (χ4v) is 2.53. The van der Waals surface area contributed by atoms with Crippen LogP contribution in [-0.4, -0.2) is 74.8 Å². The highest BCUT2D eigenvalue weighted by atomic mass is 16.1. The predicted octanol–water partition coefficient (Wildman–Crippen LogP) is 2.11. The van der Waals surface area contributed by atoms with Crippen LogP contribution >= 0.6 is 0 Å². The lowest BCUT2D eigenvalue weighted by molar-refractivity contribution is -0.884. The van der Waals surface area contributed by atoms with E-state index in [0.29, 0.717) is 0 Å². The molecule has 38 heavy (non-hydrogen) atoms. The van der Waals surface area contributed by atoms with Crippen LogP contribution in [0.15, 0.2) is 71.8 Å². The molecule has 0 atom stereocenters. The van der Waals surface area contributed by atoms with E-state index < -0.39 is 23.0 Å². The Kier molecular flexibility index (Phi) is 17.2. The number of amides is 2. The molecule has 0 radical (unpaired) electrons.